The van der Waals surface area contributed by atoms with E-state index in [2.05, 4.69) is 0 Å². The Kier molecular flexibility index (Phi) is 4.99. The number of ether oxygens (including phenoxy) is 1. The van der Waals surface area contributed by atoms with E-state index in [-0.39, 0.29) is 23.2 Å². The van der Waals surface area contributed by atoms with Crippen LogP contribution in [0.2, 0.25) is 0 Å². The van der Waals surface area contributed by atoms with Crippen molar-refractivity contribution >= 4 is 5.91 Å². The molecule has 0 saturated carbocycles. The van der Waals surface area contributed by atoms with Crippen LogP contribution in [0.3, 0.4) is 0 Å². The van der Waals surface area contributed by atoms with Crippen LogP contribution in [0.4, 0.5) is 4.39 Å². The number of hydrogen-bond acceptors (Lipinski definition) is 2. The molecular formula is C17H24FNO2. The van der Waals surface area contributed by atoms with E-state index in [9.17, 15) is 9.18 Å². The van der Waals surface area contributed by atoms with Crippen LogP contribution in [-0.4, -0.2) is 30.0 Å². The maximum Gasteiger partial charge on any atom is 0.227 e. The van der Waals surface area contributed by atoms with Crippen molar-refractivity contribution in [3.63, 3.8) is 0 Å². The largest absolute Gasteiger partial charge is 0.373 e. The molecule has 0 atom stereocenters. The maximum atomic E-state index is 12.8. The molecule has 1 amide bonds. The molecule has 21 heavy (non-hydrogen) atoms. The minimum Gasteiger partial charge on any atom is -0.373 e. The van der Waals surface area contributed by atoms with Gasteiger partial charge in [0.2, 0.25) is 5.91 Å². The van der Waals surface area contributed by atoms with Crippen molar-refractivity contribution in [2.75, 3.05) is 13.1 Å². The van der Waals surface area contributed by atoms with E-state index in [1.54, 1.807) is 12.1 Å². The average molecular weight is 293 g/mol. The number of rotatable bonds is 3. The fraction of sp³-hybridized carbons (Fsp3) is 0.588. The molecule has 0 radical (unpaired) electrons. The second-order valence-electron chi connectivity index (χ2n) is 6.68. The summed E-state index contributed by atoms with van der Waals surface area (Å²) in [5.41, 5.74) is 0.659. The fourth-order valence-electron chi connectivity index (χ4n) is 2.49. The molecule has 4 heteroatoms. The molecule has 1 saturated heterocycles. The second kappa shape index (κ2) is 6.56. The van der Waals surface area contributed by atoms with Gasteiger partial charge in [0, 0.05) is 18.5 Å². The smallest absolute Gasteiger partial charge is 0.227 e. The van der Waals surface area contributed by atoms with Gasteiger partial charge in [-0.05, 0) is 30.5 Å². The highest BCUT2D eigenvalue weighted by molar-refractivity contribution is 5.81. The van der Waals surface area contributed by atoms with E-state index in [1.807, 2.05) is 25.7 Å². The highest BCUT2D eigenvalue weighted by Gasteiger charge is 2.30. The molecule has 2 rings (SSSR count). The monoisotopic (exact) mass is 293 g/mol. The van der Waals surface area contributed by atoms with Crippen molar-refractivity contribution in [3.8, 4) is 0 Å². The quantitative estimate of drug-likeness (QED) is 0.855. The number of likely N-dealkylation sites (tertiary alicyclic amines) is 1. The van der Waals surface area contributed by atoms with Crippen molar-refractivity contribution in [1.82, 2.24) is 4.90 Å². The fourth-order valence-corrected chi connectivity index (χ4v) is 2.49. The van der Waals surface area contributed by atoms with Crippen LogP contribution in [0.15, 0.2) is 24.3 Å². The zero-order valence-electron chi connectivity index (χ0n) is 13.1. The SMILES string of the molecule is CC(C)(C)C(=O)N1CCC(OCc2ccc(F)cc2)CC1. The third-order valence-corrected chi connectivity index (χ3v) is 3.77. The van der Waals surface area contributed by atoms with Gasteiger partial charge in [-0.2, -0.15) is 0 Å². The van der Waals surface area contributed by atoms with Gasteiger partial charge in [-0.3, -0.25) is 4.79 Å². The van der Waals surface area contributed by atoms with Crippen LogP contribution < -0.4 is 0 Å². The third-order valence-electron chi connectivity index (χ3n) is 3.77. The van der Waals surface area contributed by atoms with Crippen LogP contribution in [0.5, 0.6) is 0 Å². The molecule has 1 aromatic carbocycles. The third kappa shape index (κ3) is 4.53. The predicted octanol–water partition coefficient (Wildman–Crippen LogP) is 3.38. The molecular weight excluding hydrogens is 269 g/mol. The van der Waals surface area contributed by atoms with Crippen LogP contribution in [-0.2, 0) is 16.1 Å². The summed E-state index contributed by atoms with van der Waals surface area (Å²) in [5.74, 6) is -0.0211. The van der Waals surface area contributed by atoms with E-state index < -0.39 is 0 Å². The lowest BCUT2D eigenvalue weighted by Gasteiger charge is -2.35. The Bertz CT molecular complexity index is 471. The number of hydrogen-bond donors (Lipinski definition) is 0. The maximum absolute atomic E-state index is 12.8. The average Bonchev–Trinajstić information content (AvgIpc) is 2.45. The van der Waals surface area contributed by atoms with Crippen molar-refractivity contribution in [3.05, 3.63) is 35.6 Å². The number of halogens is 1. The number of nitrogens with zero attached hydrogens (tertiary/aromatic N) is 1. The van der Waals surface area contributed by atoms with Crippen molar-refractivity contribution in [1.29, 1.82) is 0 Å². The number of benzene rings is 1. The second-order valence-corrected chi connectivity index (χ2v) is 6.68. The van der Waals surface area contributed by atoms with Gasteiger partial charge in [0.15, 0.2) is 0 Å². The van der Waals surface area contributed by atoms with Crippen LogP contribution >= 0.6 is 0 Å². The molecule has 1 fully saturated rings. The van der Waals surface area contributed by atoms with E-state index in [0.29, 0.717) is 6.61 Å². The Labute approximate surface area is 126 Å². The number of piperidine rings is 1. The summed E-state index contributed by atoms with van der Waals surface area (Å²) in [6.07, 6.45) is 1.91. The van der Waals surface area contributed by atoms with Crippen molar-refractivity contribution < 1.29 is 13.9 Å². The molecule has 0 aliphatic carbocycles. The van der Waals surface area contributed by atoms with E-state index in [0.717, 1.165) is 31.5 Å². The van der Waals surface area contributed by atoms with Crippen molar-refractivity contribution in [2.24, 2.45) is 5.41 Å². The summed E-state index contributed by atoms with van der Waals surface area (Å²) in [5, 5.41) is 0. The minimum atomic E-state index is -0.318. The Balaban J connectivity index is 1.77. The van der Waals surface area contributed by atoms with E-state index in [1.165, 1.54) is 12.1 Å². The van der Waals surface area contributed by atoms with Gasteiger partial charge in [0.25, 0.3) is 0 Å². The Morgan fingerprint density at radius 1 is 1.24 bits per heavy atom. The first kappa shape index (κ1) is 16.0. The van der Waals surface area contributed by atoms with Crippen LogP contribution in [0.1, 0.15) is 39.2 Å². The van der Waals surface area contributed by atoms with Gasteiger partial charge in [0.1, 0.15) is 5.82 Å². The van der Waals surface area contributed by atoms with Gasteiger partial charge >= 0.3 is 0 Å². The number of carbonyl (C=O) groups is 1. The zero-order chi connectivity index (χ0) is 15.5. The lowest BCUT2D eigenvalue weighted by Crippen LogP contribution is -2.45. The van der Waals surface area contributed by atoms with Gasteiger partial charge in [0.05, 0.1) is 12.7 Å². The highest BCUT2D eigenvalue weighted by atomic mass is 19.1. The molecule has 1 aliphatic rings. The Morgan fingerprint density at radius 3 is 2.33 bits per heavy atom. The Morgan fingerprint density at radius 2 is 1.81 bits per heavy atom. The molecule has 116 valence electrons. The number of carbonyl (C=O) groups excluding carboxylic acids is 1. The highest BCUT2D eigenvalue weighted by Crippen LogP contribution is 2.22. The molecule has 1 aromatic rings. The first-order valence-corrected chi connectivity index (χ1v) is 7.51. The van der Waals surface area contributed by atoms with Gasteiger partial charge in [-0.15, -0.1) is 0 Å². The molecule has 1 aliphatic heterocycles. The lowest BCUT2D eigenvalue weighted by molar-refractivity contribution is -0.142. The van der Waals surface area contributed by atoms with Crippen LogP contribution in [0.25, 0.3) is 0 Å². The topological polar surface area (TPSA) is 29.5 Å². The minimum absolute atomic E-state index is 0.180. The summed E-state index contributed by atoms with van der Waals surface area (Å²) in [7, 11) is 0. The lowest BCUT2D eigenvalue weighted by atomic mass is 9.93. The van der Waals surface area contributed by atoms with Crippen molar-refractivity contribution in [2.45, 2.75) is 46.3 Å². The van der Waals surface area contributed by atoms with Crippen LogP contribution in [0, 0.1) is 11.2 Å². The van der Waals surface area contributed by atoms with Gasteiger partial charge in [-0.1, -0.05) is 32.9 Å². The molecule has 0 unspecified atom stereocenters. The molecule has 1 heterocycles. The molecule has 0 spiro atoms. The summed E-state index contributed by atoms with van der Waals surface area (Å²) >= 11 is 0. The number of amides is 1. The van der Waals surface area contributed by atoms with Gasteiger partial charge in [-0.25, -0.2) is 4.39 Å². The van der Waals surface area contributed by atoms with Gasteiger partial charge < -0.3 is 9.64 Å². The molecule has 0 bridgehead atoms. The summed E-state index contributed by atoms with van der Waals surface area (Å²) < 4.78 is 18.7. The molecule has 0 N–H and O–H groups in total. The first-order valence-electron chi connectivity index (χ1n) is 7.51. The molecule has 3 nitrogen and oxygen atoms in total. The first-order chi connectivity index (χ1) is 9.86. The summed E-state index contributed by atoms with van der Waals surface area (Å²) in [4.78, 5) is 14.1. The summed E-state index contributed by atoms with van der Waals surface area (Å²) in [6.45, 7) is 7.86. The Hall–Kier alpha value is -1.42. The molecule has 0 aromatic heterocycles. The summed E-state index contributed by atoms with van der Waals surface area (Å²) in [6, 6.07) is 6.38. The predicted molar refractivity (Wildman–Crippen MR) is 80.2 cm³/mol. The van der Waals surface area contributed by atoms with E-state index >= 15 is 0 Å². The standard InChI is InChI=1S/C17H24FNO2/c1-17(2,3)16(20)19-10-8-15(9-11-19)21-12-13-4-6-14(18)7-5-13/h4-7,15H,8-12H2,1-3H3. The normalized spacial score (nSPS) is 17.0. The van der Waals surface area contributed by atoms with E-state index in [4.69, 9.17) is 4.74 Å². The zero-order valence-corrected chi connectivity index (χ0v) is 13.1.